The molecule has 0 aliphatic carbocycles. The molecule has 31 heavy (non-hydrogen) atoms. The van der Waals surface area contributed by atoms with Gasteiger partial charge in [0.25, 0.3) is 0 Å². The van der Waals surface area contributed by atoms with Crippen molar-refractivity contribution in [3.05, 3.63) is 54.1 Å². The van der Waals surface area contributed by atoms with E-state index in [9.17, 15) is 23.2 Å². The van der Waals surface area contributed by atoms with Crippen molar-refractivity contribution in [1.82, 2.24) is 0 Å². The van der Waals surface area contributed by atoms with Gasteiger partial charge < -0.3 is 14.8 Å². The largest absolute Gasteiger partial charge is 0.454 e. The van der Waals surface area contributed by atoms with Gasteiger partial charge in [-0.05, 0) is 24.3 Å². The molecule has 2 aromatic carbocycles. The monoisotopic (exact) mass is 451 g/mol. The lowest BCUT2D eigenvalue weighted by molar-refractivity contribution is -0.129. The van der Waals surface area contributed by atoms with Crippen LogP contribution in [0, 0.1) is 5.41 Å². The number of amides is 1. The van der Waals surface area contributed by atoms with E-state index in [-0.39, 0.29) is 35.1 Å². The zero-order chi connectivity index (χ0) is 23.0. The van der Waals surface area contributed by atoms with Crippen LogP contribution in [0.1, 0.15) is 31.1 Å². The molecule has 0 saturated heterocycles. The fraction of sp³-hybridized carbons (Fsp3) is 0.318. The number of ether oxygens (including phenoxy) is 2. The van der Waals surface area contributed by atoms with Crippen LogP contribution in [-0.4, -0.2) is 36.6 Å². The summed E-state index contributed by atoms with van der Waals surface area (Å²) in [6.45, 7) is 1.83. The van der Waals surface area contributed by atoms with Crippen molar-refractivity contribution in [2.45, 2.75) is 32.3 Å². The number of Topliss-reactive ketones (excluding diaryl/α,β-unsaturated/α-hetero) is 1. The van der Waals surface area contributed by atoms with Crippen LogP contribution in [0.15, 0.2) is 53.4 Å². The number of nitrogens with one attached hydrogen (secondary N) is 1. The third-order valence-corrected chi connectivity index (χ3v) is 5.09. The van der Waals surface area contributed by atoms with E-state index in [1.54, 1.807) is 45.0 Å². The summed E-state index contributed by atoms with van der Waals surface area (Å²) in [5, 5.41) is 2.51. The number of anilines is 1. The number of rotatable bonds is 9. The molecule has 0 fully saturated rings. The Labute approximate surface area is 183 Å². The molecule has 1 amide bonds. The first-order valence-corrected chi connectivity index (χ1v) is 10.3. The summed E-state index contributed by atoms with van der Waals surface area (Å²) in [5.74, 6) is -1.59. The van der Waals surface area contributed by atoms with Gasteiger partial charge in [-0.3, -0.25) is 9.59 Å². The second-order valence-corrected chi connectivity index (χ2v) is 8.47. The van der Waals surface area contributed by atoms with Gasteiger partial charge in [-0.1, -0.05) is 45.0 Å². The minimum atomic E-state index is -3.02. The molecule has 0 atom stereocenters. The van der Waals surface area contributed by atoms with E-state index in [4.69, 9.17) is 4.74 Å². The highest BCUT2D eigenvalue weighted by atomic mass is 32.2. The molecule has 6 nitrogen and oxygen atoms in total. The van der Waals surface area contributed by atoms with Crippen molar-refractivity contribution in [3.8, 4) is 5.75 Å². The highest BCUT2D eigenvalue weighted by Crippen LogP contribution is 2.27. The number of carbonyl (C=O) groups is 3. The van der Waals surface area contributed by atoms with Crippen molar-refractivity contribution in [2.75, 3.05) is 17.7 Å². The number of para-hydroxylation sites is 2. The molecule has 9 heteroatoms. The molecule has 0 heterocycles. The van der Waals surface area contributed by atoms with Crippen LogP contribution in [0.5, 0.6) is 5.75 Å². The number of alkyl halides is 2. The van der Waals surface area contributed by atoms with E-state index in [1.165, 1.54) is 24.3 Å². The molecule has 0 bridgehead atoms. The Morgan fingerprint density at radius 2 is 1.68 bits per heavy atom. The van der Waals surface area contributed by atoms with Gasteiger partial charge in [0, 0.05) is 10.3 Å². The number of halogens is 2. The van der Waals surface area contributed by atoms with Gasteiger partial charge in [-0.15, -0.1) is 11.8 Å². The summed E-state index contributed by atoms with van der Waals surface area (Å²) < 4.78 is 34.5. The van der Waals surface area contributed by atoms with Crippen molar-refractivity contribution in [1.29, 1.82) is 0 Å². The third kappa shape index (κ3) is 7.67. The summed E-state index contributed by atoms with van der Waals surface area (Å²) in [7, 11) is 0. The highest BCUT2D eigenvalue weighted by molar-refractivity contribution is 8.00. The Morgan fingerprint density at radius 1 is 1.03 bits per heavy atom. The number of ketones is 1. The number of benzene rings is 2. The van der Waals surface area contributed by atoms with Crippen LogP contribution in [0.25, 0.3) is 0 Å². The van der Waals surface area contributed by atoms with Gasteiger partial charge in [-0.25, -0.2) is 4.79 Å². The number of esters is 1. The maximum Gasteiger partial charge on any atom is 0.387 e. The van der Waals surface area contributed by atoms with Crippen LogP contribution in [0.4, 0.5) is 14.5 Å². The minimum absolute atomic E-state index is 0.0891. The van der Waals surface area contributed by atoms with Crippen LogP contribution < -0.4 is 10.1 Å². The fourth-order valence-corrected chi connectivity index (χ4v) is 3.13. The fourth-order valence-electron chi connectivity index (χ4n) is 2.28. The van der Waals surface area contributed by atoms with E-state index >= 15 is 0 Å². The first-order valence-electron chi connectivity index (χ1n) is 9.34. The molecule has 166 valence electrons. The summed E-state index contributed by atoms with van der Waals surface area (Å²) in [5.41, 5.74) is -0.290. The Kier molecular flexibility index (Phi) is 8.56. The molecule has 0 unspecified atom stereocenters. The predicted octanol–water partition coefficient (Wildman–Crippen LogP) is 4.79. The summed E-state index contributed by atoms with van der Waals surface area (Å²) in [6, 6.07) is 12.4. The normalized spacial score (nSPS) is 11.2. The topological polar surface area (TPSA) is 81.7 Å². The Hall–Kier alpha value is -2.94. The van der Waals surface area contributed by atoms with E-state index in [0.29, 0.717) is 4.90 Å². The van der Waals surface area contributed by atoms with Gasteiger partial charge >= 0.3 is 12.6 Å². The highest BCUT2D eigenvalue weighted by Gasteiger charge is 2.23. The van der Waals surface area contributed by atoms with Crippen LogP contribution in [-0.2, 0) is 14.3 Å². The minimum Gasteiger partial charge on any atom is -0.454 e. The average molecular weight is 451 g/mol. The molecule has 0 saturated carbocycles. The number of carbonyl (C=O) groups excluding carboxylic acids is 3. The van der Waals surface area contributed by atoms with Crippen molar-refractivity contribution >= 4 is 35.1 Å². The molecular formula is C22H23F2NO5S. The Morgan fingerprint density at radius 3 is 2.35 bits per heavy atom. The molecule has 0 radical (unpaired) electrons. The van der Waals surface area contributed by atoms with Crippen LogP contribution in [0.3, 0.4) is 0 Å². The SMILES string of the molecule is CC(C)(C)C(=O)COC(=O)c1ccccc1SCC(=O)Nc1ccccc1OC(F)F. The first kappa shape index (κ1) is 24.3. The maximum atomic E-state index is 12.5. The quantitative estimate of drug-likeness (QED) is 0.436. The van der Waals surface area contributed by atoms with Crippen molar-refractivity contribution in [2.24, 2.45) is 5.41 Å². The lowest BCUT2D eigenvalue weighted by Crippen LogP contribution is -2.26. The van der Waals surface area contributed by atoms with E-state index in [2.05, 4.69) is 10.1 Å². The molecule has 2 aromatic rings. The molecular weight excluding hydrogens is 428 g/mol. The first-order chi connectivity index (χ1) is 14.6. The standard InChI is InChI=1S/C22H23F2NO5S/c1-22(2,3)18(26)12-29-20(28)14-8-4-7-11-17(14)31-13-19(27)25-15-9-5-6-10-16(15)30-21(23)24/h4-11,21H,12-13H2,1-3H3,(H,25,27). The van der Waals surface area contributed by atoms with Gasteiger partial charge in [0.1, 0.15) is 5.75 Å². The van der Waals surface area contributed by atoms with E-state index < -0.39 is 23.9 Å². The van der Waals surface area contributed by atoms with Gasteiger partial charge in [0.05, 0.1) is 17.0 Å². The second-order valence-electron chi connectivity index (χ2n) is 7.46. The maximum absolute atomic E-state index is 12.5. The summed E-state index contributed by atoms with van der Waals surface area (Å²) in [6.07, 6.45) is 0. The zero-order valence-corrected chi connectivity index (χ0v) is 18.1. The predicted molar refractivity (Wildman–Crippen MR) is 114 cm³/mol. The smallest absolute Gasteiger partial charge is 0.387 e. The van der Waals surface area contributed by atoms with Crippen molar-refractivity contribution in [3.63, 3.8) is 0 Å². The summed E-state index contributed by atoms with van der Waals surface area (Å²) >= 11 is 1.08. The number of hydrogen-bond donors (Lipinski definition) is 1. The third-order valence-electron chi connectivity index (χ3n) is 4.01. The molecule has 0 aliphatic rings. The lowest BCUT2D eigenvalue weighted by Gasteiger charge is -2.16. The van der Waals surface area contributed by atoms with Crippen LogP contribution >= 0.6 is 11.8 Å². The zero-order valence-electron chi connectivity index (χ0n) is 17.3. The Balaban J connectivity index is 2.00. The summed E-state index contributed by atoms with van der Waals surface area (Å²) in [4.78, 5) is 37.2. The van der Waals surface area contributed by atoms with Crippen molar-refractivity contribution < 1.29 is 32.6 Å². The molecule has 0 aromatic heterocycles. The van der Waals surface area contributed by atoms with Gasteiger partial charge in [0.15, 0.2) is 12.4 Å². The lowest BCUT2D eigenvalue weighted by atomic mass is 9.91. The van der Waals surface area contributed by atoms with E-state index in [0.717, 1.165) is 11.8 Å². The van der Waals surface area contributed by atoms with Crippen LogP contribution in [0.2, 0.25) is 0 Å². The Bertz CT molecular complexity index is 943. The molecule has 0 spiro atoms. The van der Waals surface area contributed by atoms with Gasteiger partial charge in [0.2, 0.25) is 5.91 Å². The van der Waals surface area contributed by atoms with Gasteiger partial charge in [-0.2, -0.15) is 8.78 Å². The molecule has 1 N–H and O–H groups in total. The molecule has 0 aliphatic heterocycles. The second kappa shape index (κ2) is 10.9. The number of hydrogen-bond acceptors (Lipinski definition) is 6. The molecule has 2 rings (SSSR count). The average Bonchev–Trinajstić information content (AvgIpc) is 2.70. The van der Waals surface area contributed by atoms with E-state index in [1.807, 2.05) is 0 Å². The number of thioether (sulfide) groups is 1.